The highest BCUT2D eigenvalue weighted by Gasteiger charge is 2.12. The summed E-state index contributed by atoms with van der Waals surface area (Å²) in [5.74, 6) is -0.286. The first-order chi connectivity index (χ1) is 7.56. The van der Waals surface area contributed by atoms with Crippen LogP contribution in [0, 0.1) is 17.0 Å². The molecule has 0 aliphatic rings. The Labute approximate surface area is 92.6 Å². The van der Waals surface area contributed by atoms with Crippen LogP contribution in [-0.4, -0.2) is 17.4 Å². The Hall–Kier alpha value is -1.95. The van der Waals surface area contributed by atoms with Gasteiger partial charge in [0, 0.05) is 18.2 Å². The van der Waals surface area contributed by atoms with Crippen molar-refractivity contribution in [3.05, 3.63) is 39.4 Å². The molecule has 1 aromatic carbocycles. The second-order valence-electron chi connectivity index (χ2n) is 3.30. The van der Waals surface area contributed by atoms with Crippen LogP contribution < -0.4 is 11.1 Å². The summed E-state index contributed by atoms with van der Waals surface area (Å²) in [6.45, 7) is 1.82. The number of amides is 1. The van der Waals surface area contributed by atoms with Crippen molar-refractivity contribution in [2.45, 2.75) is 13.5 Å². The van der Waals surface area contributed by atoms with E-state index in [2.05, 4.69) is 5.32 Å². The zero-order valence-electron chi connectivity index (χ0n) is 8.90. The maximum absolute atomic E-state index is 10.9. The molecule has 0 heterocycles. The van der Waals surface area contributed by atoms with Crippen molar-refractivity contribution in [1.29, 1.82) is 0 Å². The lowest BCUT2D eigenvalue weighted by Crippen LogP contribution is -2.29. The largest absolute Gasteiger partial charge is 0.351 e. The lowest BCUT2D eigenvalue weighted by atomic mass is 10.1. The SMILES string of the molecule is Cc1c(CNC(=O)CN)cccc1[N+](=O)[O-]. The zero-order valence-corrected chi connectivity index (χ0v) is 8.90. The van der Waals surface area contributed by atoms with Crippen LogP contribution in [0.5, 0.6) is 0 Å². The number of benzene rings is 1. The molecule has 86 valence electrons. The van der Waals surface area contributed by atoms with Crippen molar-refractivity contribution < 1.29 is 9.72 Å². The summed E-state index contributed by atoms with van der Waals surface area (Å²) >= 11 is 0. The number of nitro groups is 1. The van der Waals surface area contributed by atoms with E-state index in [0.29, 0.717) is 5.56 Å². The third-order valence-corrected chi connectivity index (χ3v) is 2.28. The van der Waals surface area contributed by atoms with Gasteiger partial charge in [-0.25, -0.2) is 0 Å². The number of carbonyl (C=O) groups excluding carboxylic acids is 1. The Balaban J connectivity index is 2.85. The molecular formula is C10H13N3O3. The fraction of sp³-hybridized carbons (Fsp3) is 0.300. The fourth-order valence-electron chi connectivity index (χ4n) is 1.33. The number of rotatable bonds is 4. The van der Waals surface area contributed by atoms with Crippen LogP contribution >= 0.6 is 0 Å². The molecule has 0 fully saturated rings. The van der Waals surface area contributed by atoms with Gasteiger partial charge in [-0.2, -0.15) is 0 Å². The predicted octanol–water partition coefficient (Wildman–Crippen LogP) is 0.478. The van der Waals surface area contributed by atoms with Crippen LogP contribution in [0.4, 0.5) is 5.69 Å². The first kappa shape index (κ1) is 12.1. The normalized spacial score (nSPS) is 9.88. The maximum atomic E-state index is 10.9. The molecule has 0 aliphatic heterocycles. The summed E-state index contributed by atoms with van der Waals surface area (Å²) in [4.78, 5) is 21.2. The molecule has 1 aromatic rings. The maximum Gasteiger partial charge on any atom is 0.272 e. The second-order valence-corrected chi connectivity index (χ2v) is 3.30. The highest BCUT2D eigenvalue weighted by Crippen LogP contribution is 2.20. The van der Waals surface area contributed by atoms with Crippen molar-refractivity contribution >= 4 is 11.6 Å². The van der Waals surface area contributed by atoms with E-state index in [9.17, 15) is 14.9 Å². The van der Waals surface area contributed by atoms with E-state index in [1.165, 1.54) is 6.07 Å². The molecule has 0 saturated carbocycles. The summed E-state index contributed by atoms with van der Waals surface area (Å²) in [6, 6.07) is 4.76. The fourth-order valence-corrected chi connectivity index (χ4v) is 1.33. The minimum Gasteiger partial charge on any atom is -0.351 e. The third kappa shape index (κ3) is 2.77. The van der Waals surface area contributed by atoms with E-state index in [0.717, 1.165) is 5.56 Å². The monoisotopic (exact) mass is 223 g/mol. The van der Waals surface area contributed by atoms with Crippen molar-refractivity contribution in [2.75, 3.05) is 6.54 Å². The van der Waals surface area contributed by atoms with E-state index < -0.39 is 4.92 Å². The van der Waals surface area contributed by atoms with Gasteiger partial charge in [0.25, 0.3) is 5.69 Å². The molecule has 0 aliphatic carbocycles. The average Bonchev–Trinajstić information content (AvgIpc) is 2.26. The Bertz CT molecular complexity index is 418. The van der Waals surface area contributed by atoms with Crippen molar-refractivity contribution in [1.82, 2.24) is 5.32 Å². The van der Waals surface area contributed by atoms with E-state index in [-0.39, 0.29) is 24.7 Å². The van der Waals surface area contributed by atoms with E-state index in [4.69, 9.17) is 5.73 Å². The van der Waals surface area contributed by atoms with Gasteiger partial charge < -0.3 is 11.1 Å². The van der Waals surface area contributed by atoms with Gasteiger partial charge in [-0.05, 0) is 12.5 Å². The van der Waals surface area contributed by atoms with Gasteiger partial charge in [0.1, 0.15) is 0 Å². The van der Waals surface area contributed by atoms with Crippen LogP contribution in [-0.2, 0) is 11.3 Å². The number of carbonyl (C=O) groups is 1. The first-order valence-electron chi connectivity index (χ1n) is 4.76. The van der Waals surface area contributed by atoms with Gasteiger partial charge in [0.05, 0.1) is 11.5 Å². The van der Waals surface area contributed by atoms with Crippen LogP contribution in [0.1, 0.15) is 11.1 Å². The zero-order chi connectivity index (χ0) is 12.1. The average molecular weight is 223 g/mol. The molecule has 0 saturated heterocycles. The number of hydrogen-bond donors (Lipinski definition) is 2. The Morgan fingerprint density at radius 3 is 2.81 bits per heavy atom. The Morgan fingerprint density at radius 1 is 1.56 bits per heavy atom. The van der Waals surface area contributed by atoms with Gasteiger partial charge >= 0.3 is 0 Å². The lowest BCUT2D eigenvalue weighted by Gasteiger charge is -2.07. The molecule has 6 heteroatoms. The van der Waals surface area contributed by atoms with Gasteiger partial charge in [-0.3, -0.25) is 14.9 Å². The highest BCUT2D eigenvalue weighted by molar-refractivity contribution is 5.77. The molecule has 6 nitrogen and oxygen atoms in total. The minimum atomic E-state index is -0.441. The van der Waals surface area contributed by atoms with Gasteiger partial charge in [-0.15, -0.1) is 0 Å². The summed E-state index contributed by atoms with van der Waals surface area (Å²) < 4.78 is 0. The van der Waals surface area contributed by atoms with Crippen LogP contribution in [0.25, 0.3) is 0 Å². The number of nitro benzene ring substituents is 1. The Morgan fingerprint density at radius 2 is 2.25 bits per heavy atom. The van der Waals surface area contributed by atoms with Crippen molar-refractivity contribution in [3.8, 4) is 0 Å². The number of nitrogens with two attached hydrogens (primary N) is 1. The summed E-state index contributed by atoms with van der Waals surface area (Å²) in [5, 5.41) is 13.2. The van der Waals surface area contributed by atoms with Gasteiger partial charge in [0.15, 0.2) is 0 Å². The van der Waals surface area contributed by atoms with E-state index in [1.807, 2.05) is 0 Å². The standard InChI is InChI=1S/C10H13N3O3/c1-7-8(6-12-10(14)5-11)3-2-4-9(7)13(15)16/h2-4H,5-6,11H2,1H3,(H,12,14). The van der Waals surface area contributed by atoms with E-state index >= 15 is 0 Å². The van der Waals surface area contributed by atoms with Gasteiger partial charge in [0.2, 0.25) is 5.91 Å². The number of hydrogen-bond acceptors (Lipinski definition) is 4. The van der Waals surface area contributed by atoms with E-state index in [1.54, 1.807) is 19.1 Å². The molecule has 3 N–H and O–H groups in total. The lowest BCUT2D eigenvalue weighted by molar-refractivity contribution is -0.385. The topological polar surface area (TPSA) is 98.3 Å². The molecule has 0 spiro atoms. The molecular weight excluding hydrogens is 210 g/mol. The highest BCUT2D eigenvalue weighted by atomic mass is 16.6. The van der Waals surface area contributed by atoms with Crippen molar-refractivity contribution in [2.24, 2.45) is 5.73 Å². The van der Waals surface area contributed by atoms with Crippen LogP contribution in [0.15, 0.2) is 18.2 Å². The van der Waals surface area contributed by atoms with Crippen LogP contribution in [0.3, 0.4) is 0 Å². The molecule has 0 atom stereocenters. The van der Waals surface area contributed by atoms with Crippen molar-refractivity contribution in [3.63, 3.8) is 0 Å². The molecule has 0 aromatic heterocycles. The Kier molecular flexibility index (Phi) is 3.96. The molecule has 0 radical (unpaired) electrons. The molecule has 0 unspecified atom stereocenters. The first-order valence-corrected chi connectivity index (χ1v) is 4.76. The predicted molar refractivity (Wildman–Crippen MR) is 58.7 cm³/mol. The number of nitrogens with zero attached hydrogens (tertiary/aromatic N) is 1. The summed E-state index contributed by atoms with van der Waals surface area (Å²) in [6.07, 6.45) is 0. The minimum absolute atomic E-state index is 0.0551. The third-order valence-electron chi connectivity index (χ3n) is 2.28. The summed E-state index contributed by atoms with van der Waals surface area (Å²) in [5.41, 5.74) is 6.47. The summed E-state index contributed by atoms with van der Waals surface area (Å²) in [7, 11) is 0. The second kappa shape index (κ2) is 5.22. The smallest absolute Gasteiger partial charge is 0.272 e. The molecule has 16 heavy (non-hydrogen) atoms. The van der Waals surface area contributed by atoms with Crippen LogP contribution in [0.2, 0.25) is 0 Å². The molecule has 1 amide bonds. The number of nitrogens with one attached hydrogen (secondary N) is 1. The molecule has 0 bridgehead atoms. The quantitative estimate of drug-likeness (QED) is 0.572. The van der Waals surface area contributed by atoms with Gasteiger partial charge in [-0.1, -0.05) is 12.1 Å². The molecule has 1 rings (SSSR count).